The highest BCUT2D eigenvalue weighted by molar-refractivity contribution is 7.91. The summed E-state index contributed by atoms with van der Waals surface area (Å²) in [4.78, 5) is 11.8. The minimum atomic E-state index is -3.26. The van der Waals surface area contributed by atoms with Crippen molar-refractivity contribution in [2.45, 2.75) is 31.3 Å². The van der Waals surface area contributed by atoms with E-state index in [1.807, 2.05) is 0 Å². The number of nitrogens with one attached hydrogen (secondary N) is 2. The maximum Gasteiger partial charge on any atom is 0.238 e. The quantitative estimate of drug-likeness (QED) is 0.676. The second-order valence-corrected chi connectivity index (χ2v) is 9.03. The number of anilines is 1. The molecule has 0 saturated heterocycles. The second-order valence-electron chi connectivity index (χ2n) is 6.29. The molecule has 8 heteroatoms. The van der Waals surface area contributed by atoms with Crippen LogP contribution in [0.5, 0.6) is 0 Å². The van der Waals surface area contributed by atoms with E-state index in [1.54, 1.807) is 52.1 Å². The maximum absolute atomic E-state index is 12.2. The van der Waals surface area contributed by atoms with Crippen molar-refractivity contribution in [1.82, 2.24) is 5.32 Å². The van der Waals surface area contributed by atoms with Gasteiger partial charge in [-0.1, -0.05) is 12.1 Å². The summed E-state index contributed by atoms with van der Waals surface area (Å²) in [6.45, 7) is 6.34. The summed E-state index contributed by atoms with van der Waals surface area (Å²) < 4.78 is 28.6. The lowest BCUT2D eigenvalue weighted by Crippen LogP contribution is -2.30. The van der Waals surface area contributed by atoms with Crippen molar-refractivity contribution >= 4 is 33.8 Å². The van der Waals surface area contributed by atoms with E-state index in [0.717, 1.165) is 0 Å². The summed E-state index contributed by atoms with van der Waals surface area (Å²) in [7, 11) is -1.66. The number of halogens is 1. The van der Waals surface area contributed by atoms with Gasteiger partial charge in [0.1, 0.15) is 0 Å². The largest absolute Gasteiger partial charge is 0.383 e. The highest BCUT2D eigenvalue weighted by atomic mass is 35.5. The third-order valence-electron chi connectivity index (χ3n) is 3.27. The van der Waals surface area contributed by atoms with E-state index in [4.69, 9.17) is 4.74 Å². The monoisotopic (exact) mass is 378 g/mol. The molecule has 0 aliphatic rings. The summed E-state index contributed by atoms with van der Waals surface area (Å²) in [6, 6.07) is 6.91. The van der Waals surface area contributed by atoms with Crippen molar-refractivity contribution < 1.29 is 17.9 Å². The predicted molar refractivity (Wildman–Crippen MR) is 99.4 cm³/mol. The molecule has 0 fully saturated rings. The number of methoxy groups -OCH3 is 1. The van der Waals surface area contributed by atoms with Crippen molar-refractivity contribution in [2.75, 3.05) is 32.1 Å². The van der Waals surface area contributed by atoms with Crippen LogP contribution in [0.15, 0.2) is 24.3 Å². The van der Waals surface area contributed by atoms with Crippen LogP contribution in [0, 0.1) is 0 Å². The predicted octanol–water partition coefficient (Wildman–Crippen LogP) is 2.00. The molecule has 0 aliphatic heterocycles. The Hall–Kier alpha value is -1.15. The average Bonchev–Trinajstić information content (AvgIpc) is 2.42. The minimum Gasteiger partial charge on any atom is -0.383 e. The van der Waals surface area contributed by atoms with Crippen LogP contribution >= 0.6 is 12.4 Å². The molecule has 1 aromatic rings. The highest BCUT2D eigenvalue weighted by Crippen LogP contribution is 2.22. The first-order chi connectivity index (χ1) is 10.7. The Kier molecular flexibility index (Phi) is 9.50. The average molecular weight is 379 g/mol. The fourth-order valence-corrected chi connectivity index (χ4v) is 2.81. The van der Waals surface area contributed by atoms with Crippen LogP contribution in [-0.4, -0.2) is 45.9 Å². The van der Waals surface area contributed by atoms with Gasteiger partial charge in [-0.2, -0.15) is 0 Å². The molecule has 1 amide bonds. The van der Waals surface area contributed by atoms with Gasteiger partial charge in [0.05, 0.1) is 23.7 Å². The van der Waals surface area contributed by atoms with Gasteiger partial charge in [0.15, 0.2) is 9.84 Å². The molecule has 138 valence electrons. The Bertz CT molecular complexity index is 627. The second kappa shape index (κ2) is 9.98. The number of hydrogen-bond acceptors (Lipinski definition) is 5. The molecule has 24 heavy (non-hydrogen) atoms. The van der Waals surface area contributed by atoms with Crippen LogP contribution < -0.4 is 10.6 Å². The number of carbonyl (C=O) groups is 1. The van der Waals surface area contributed by atoms with Gasteiger partial charge in [-0.05, 0) is 38.5 Å². The zero-order valence-corrected chi connectivity index (χ0v) is 16.2. The minimum absolute atomic E-state index is 0. The molecule has 1 rings (SSSR count). The van der Waals surface area contributed by atoms with Crippen molar-refractivity contribution in [3.05, 3.63) is 29.8 Å². The smallest absolute Gasteiger partial charge is 0.238 e. The Morgan fingerprint density at radius 1 is 1.25 bits per heavy atom. The van der Waals surface area contributed by atoms with Crippen LogP contribution in [0.2, 0.25) is 0 Å². The maximum atomic E-state index is 12.2. The molecule has 0 bridgehead atoms. The molecule has 2 N–H and O–H groups in total. The van der Waals surface area contributed by atoms with Crippen LogP contribution in [0.3, 0.4) is 0 Å². The summed E-state index contributed by atoms with van der Waals surface area (Å²) in [5, 5.41) is 5.69. The Balaban J connectivity index is 0.00000529. The zero-order valence-electron chi connectivity index (χ0n) is 14.6. The van der Waals surface area contributed by atoms with E-state index in [-0.39, 0.29) is 30.6 Å². The molecule has 0 radical (unpaired) electrons. The normalized spacial score (nSPS) is 11.7. The fraction of sp³-hybridized carbons (Fsp3) is 0.562. The standard InChI is InChI=1S/C16H26N2O4S.ClH/c1-16(2,3)23(20,21)12-13-6-5-7-14(10-13)18-15(19)11-17-8-9-22-4;/h5-7,10,17H,8-9,11-12H2,1-4H3,(H,18,19);1H. The van der Waals surface area contributed by atoms with Crippen molar-refractivity contribution in [2.24, 2.45) is 0 Å². The molecule has 1 aromatic carbocycles. The van der Waals surface area contributed by atoms with Crippen LogP contribution in [0.1, 0.15) is 26.3 Å². The number of carbonyl (C=O) groups excluding carboxylic acids is 1. The first-order valence-corrected chi connectivity index (χ1v) is 9.12. The van der Waals surface area contributed by atoms with E-state index in [1.165, 1.54) is 0 Å². The van der Waals surface area contributed by atoms with Crippen LogP contribution in [0.4, 0.5) is 5.69 Å². The molecule has 0 unspecified atom stereocenters. The summed E-state index contributed by atoms with van der Waals surface area (Å²) >= 11 is 0. The molecule has 0 aliphatic carbocycles. The van der Waals surface area contributed by atoms with Gasteiger partial charge in [-0.15, -0.1) is 12.4 Å². The Labute approximate surface area is 150 Å². The highest BCUT2D eigenvalue weighted by Gasteiger charge is 2.28. The molecule has 0 spiro atoms. The summed E-state index contributed by atoms with van der Waals surface area (Å²) in [6.07, 6.45) is 0. The molecule has 0 aromatic heterocycles. The number of hydrogen-bond donors (Lipinski definition) is 2. The van der Waals surface area contributed by atoms with Crippen molar-refractivity contribution in [3.63, 3.8) is 0 Å². The number of sulfone groups is 1. The van der Waals surface area contributed by atoms with E-state index in [9.17, 15) is 13.2 Å². The summed E-state index contributed by atoms with van der Waals surface area (Å²) in [5.74, 6) is -0.233. The molecule has 0 saturated carbocycles. The lowest BCUT2D eigenvalue weighted by Gasteiger charge is -2.19. The van der Waals surface area contributed by atoms with Crippen LogP contribution in [-0.2, 0) is 25.1 Å². The van der Waals surface area contributed by atoms with Gasteiger partial charge in [-0.25, -0.2) is 8.42 Å². The lowest BCUT2D eigenvalue weighted by atomic mass is 10.2. The molecular formula is C16H27ClN2O4S. The number of benzene rings is 1. The van der Waals surface area contributed by atoms with Crippen molar-refractivity contribution in [3.8, 4) is 0 Å². The van der Waals surface area contributed by atoms with Gasteiger partial charge >= 0.3 is 0 Å². The van der Waals surface area contributed by atoms with Gasteiger partial charge in [0.25, 0.3) is 0 Å². The first-order valence-electron chi connectivity index (χ1n) is 7.46. The molecule has 0 atom stereocenters. The summed E-state index contributed by atoms with van der Waals surface area (Å²) in [5.41, 5.74) is 1.25. The van der Waals surface area contributed by atoms with E-state index >= 15 is 0 Å². The Morgan fingerprint density at radius 2 is 1.92 bits per heavy atom. The Morgan fingerprint density at radius 3 is 2.50 bits per heavy atom. The molecular weight excluding hydrogens is 352 g/mol. The van der Waals surface area contributed by atoms with E-state index in [0.29, 0.717) is 24.4 Å². The number of amides is 1. The molecule has 0 heterocycles. The van der Waals surface area contributed by atoms with Gasteiger partial charge in [0.2, 0.25) is 5.91 Å². The number of ether oxygens (including phenoxy) is 1. The topological polar surface area (TPSA) is 84.5 Å². The first kappa shape index (κ1) is 22.9. The third-order valence-corrected chi connectivity index (χ3v) is 5.85. The SMILES string of the molecule is COCCNCC(=O)Nc1cccc(CS(=O)(=O)C(C)(C)C)c1.Cl. The van der Waals surface area contributed by atoms with Crippen LogP contribution in [0.25, 0.3) is 0 Å². The van der Waals surface area contributed by atoms with Gasteiger partial charge < -0.3 is 15.4 Å². The lowest BCUT2D eigenvalue weighted by molar-refractivity contribution is -0.115. The number of rotatable bonds is 8. The molecule has 6 nitrogen and oxygen atoms in total. The van der Waals surface area contributed by atoms with Gasteiger partial charge in [0, 0.05) is 19.3 Å². The van der Waals surface area contributed by atoms with E-state index in [2.05, 4.69) is 10.6 Å². The van der Waals surface area contributed by atoms with Gasteiger partial charge in [-0.3, -0.25) is 4.79 Å². The van der Waals surface area contributed by atoms with E-state index < -0.39 is 14.6 Å². The van der Waals surface area contributed by atoms with Crippen molar-refractivity contribution in [1.29, 1.82) is 0 Å². The zero-order chi connectivity index (χ0) is 17.5. The fourth-order valence-electron chi connectivity index (χ4n) is 1.76. The third kappa shape index (κ3) is 7.61.